The topological polar surface area (TPSA) is 53.7 Å². The molecule has 0 saturated carbocycles. The highest BCUT2D eigenvalue weighted by Gasteiger charge is 2.33. The molecule has 1 aromatic rings. The molecule has 15 heavy (non-hydrogen) atoms. The van der Waals surface area contributed by atoms with Crippen molar-refractivity contribution in [2.24, 2.45) is 0 Å². The number of aliphatic hydroxyl groups is 1. The third-order valence-corrected chi connectivity index (χ3v) is 2.95. The van der Waals surface area contributed by atoms with Crippen molar-refractivity contribution in [3.63, 3.8) is 0 Å². The summed E-state index contributed by atoms with van der Waals surface area (Å²) in [5, 5.41) is 9.54. The zero-order chi connectivity index (χ0) is 11.0. The number of amides is 1. The maximum Gasteiger partial charge on any atom is 0.259 e. The fraction of sp³-hybridized carbons (Fsp3) is 0.500. The Hall–Kier alpha value is -1.00. The molecule has 4 nitrogen and oxygen atoms in total. The lowest BCUT2D eigenvalue weighted by molar-refractivity contribution is 0.0725. The Kier molecular flexibility index (Phi) is 2.71. The summed E-state index contributed by atoms with van der Waals surface area (Å²) in [7, 11) is 0. The van der Waals surface area contributed by atoms with Crippen LogP contribution in [0, 0.1) is 0 Å². The number of furan rings is 1. The van der Waals surface area contributed by atoms with Gasteiger partial charge in [-0.05, 0) is 31.0 Å². The molecule has 82 valence electrons. The second-order valence-corrected chi connectivity index (χ2v) is 4.15. The minimum atomic E-state index is -0.436. The molecule has 1 aliphatic heterocycles. The van der Waals surface area contributed by atoms with Crippen LogP contribution in [-0.2, 0) is 0 Å². The number of likely N-dealkylation sites (tertiary alicyclic amines) is 1. The van der Waals surface area contributed by atoms with Gasteiger partial charge in [-0.3, -0.25) is 4.79 Å². The summed E-state index contributed by atoms with van der Waals surface area (Å²) in [5.41, 5.74) is 0.359. The summed E-state index contributed by atoms with van der Waals surface area (Å²) in [6.45, 7) is 2.27. The molecule has 1 aromatic heterocycles. The fourth-order valence-electron chi connectivity index (χ4n) is 1.89. The molecule has 2 rings (SSSR count). The quantitative estimate of drug-likeness (QED) is 0.795. The highest BCUT2D eigenvalue weighted by molar-refractivity contribution is 6.32. The van der Waals surface area contributed by atoms with Crippen LogP contribution in [0.1, 0.15) is 23.7 Å². The van der Waals surface area contributed by atoms with Crippen molar-refractivity contribution in [3.8, 4) is 0 Å². The molecule has 2 heterocycles. The predicted octanol–water partition coefficient (Wildman–Crippen LogP) is 1.53. The molecule has 5 heteroatoms. The van der Waals surface area contributed by atoms with Gasteiger partial charge in [-0.1, -0.05) is 0 Å². The molecule has 1 saturated heterocycles. The summed E-state index contributed by atoms with van der Waals surface area (Å²) >= 11 is 5.72. The first kappa shape index (κ1) is 10.5. The van der Waals surface area contributed by atoms with E-state index in [0.717, 1.165) is 0 Å². The van der Waals surface area contributed by atoms with Gasteiger partial charge in [-0.2, -0.15) is 0 Å². The SMILES string of the molecule is CC1CC(O)CN1C(=O)c1ccoc1Cl. The van der Waals surface area contributed by atoms with E-state index in [1.807, 2.05) is 6.92 Å². The van der Waals surface area contributed by atoms with Gasteiger partial charge in [-0.25, -0.2) is 0 Å². The number of hydrogen-bond acceptors (Lipinski definition) is 3. The number of halogens is 1. The largest absolute Gasteiger partial charge is 0.452 e. The van der Waals surface area contributed by atoms with Crippen LogP contribution in [0.25, 0.3) is 0 Å². The van der Waals surface area contributed by atoms with Crippen LogP contribution in [0.5, 0.6) is 0 Å². The van der Waals surface area contributed by atoms with Crippen LogP contribution in [-0.4, -0.2) is 34.6 Å². The average Bonchev–Trinajstić information content (AvgIpc) is 2.71. The molecule has 2 atom stereocenters. The van der Waals surface area contributed by atoms with Gasteiger partial charge < -0.3 is 14.4 Å². The highest BCUT2D eigenvalue weighted by Crippen LogP contribution is 2.24. The van der Waals surface area contributed by atoms with E-state index in [0.29, 0.717) is 18.5 Å². The van der Waals surface area contributed by atoms with Gasteiger partial charge in [0.2, 0.25) is 5.22 Å². The molecule has 0 radical (unpaired) electrons. The van der Waals surface area contributed by atoms with Gasteiger partial charge in [0.1, 0.15) is 0 Å². The van der Waals surface area contributed by atoms with Crippen molar-refractivity contribution in [3.05, 3.63) is 23.1 Å². The van der Waals surface area contributed by atoms with Crippen molar-refractivity contribution in [1.82, 2.24) is 4.90 Å². The monoisotopic (exact) mass is 229 g/mol. The first-order valence-corrected chi connectivity index (χ1v) is 5.19. The summed E-state index contributed by atoms with van der Waals surface area (Å²) in [6.07, 6.45) is 1.56. The summed E-state index contributed by atoms with van der Waals surface area (Å²) < 4.78 is 4.86. The van der Waals surface area contributed by atoms with Gasteiger partial charge in [0.15, 0.2) is 0 Å². The zero-order valence-electron chi connectivity index (χ0n) is 8.31. The number of carbonyl (C=O) groups excluding carboxylic acids is 1. The van der Waals surface area contributed by atoms with E-state index in [2.05, 4.69) is 0 Å². The van der Waals surface area contributed by atoms with Crippen molar-refractivity contribution in [1.29, 1.82) is 0 Å². The molecule has 2 unspecified atom stereocenters. The number of nitrogens with zero attached hydrogens (tertiary/aromatic N) is 1. The highest BCUT2D eigenvalue weighted by atomic mass is 35.5. The number of hydrogen-bond donors (Lipinski definition) is 1. The first-order valence-electron chi connectivity index (χ1n) is 4.81. The van der Waals surface area contributed by atoms with E-state index < -0.39 is 6.10 Å². The number of carbonyl (C=O) groups is 1. The van der Waals surface area contributed by atoms with Gasteiger partial charge in [0.05, 0.1) is 17.9 Å². The van der Waals surface area contributed by atoms with E-state index in [4.69, 9.17) is 16.0 Å². The fourth-order valence-corrected chi connectivity index (χ4v) is 2.08. The molecule has 1 aliphatic rings. The predicted molar refractivity (Wildman–Crippen MR) is 54.8 cm³/mol. The molecule has 0 aliphatic carbocycles. The molecular formula is C10H12ClNO3. The smallest absolute Gasteiger partial charge is 0.259 e. The number of aliphatic hydroxyl groups excluding tert-OH is 1. The van der Waals surface area contributed by atoms with Crippen molar-refractivity contribution in [2.75, 3.05) is 6.54 Å². The molecule has 0 spiro atoms. The van der Waals surface area contributed by atoms with Gasteiger partial charge in [-0.15, -0.1) is 0 Å². The van der Waals surface area contributed by atoms with E-state index in [1.165, 1.54) is 6.26 Å². The molecule has 1 N–H and O–H groups in total. The maximum atomic E-state index is 12.0. The zero-order valence-corrected chi connectivity index (χ0v) is 9.07. The van der Waals surface area contributed by atoms with Crippen LogP contribution < -0.4 is 0 Å². The lowest BCUT2D eigenvalue weighted by Gasteiger charge is -2.20. The Bertz CT molecular complexity index is 376. The second-order valence-electron chi connectivity index (χ2n) is 3.80. The van der Waals surface area contributed by atoms with Crippen LogP contribution in [0.2, 0.25) is 5.22 Å². The standard InChI is InChI=1S/C10H12ClNO3/c1-6-4-7(13)5-12(6)10(14)8-2-3-15-9(8)11/h2-3,6-7,13H,4-5H2,1H3. The molecule has 0 aromatic carbocycles. The normalized spacial score (nSPS) is 25.9. The Morgan fingerprint density at radius 1 is 1.73 bits per heavy atom. The van der Waals surface area contributed by atoms with Crippen LogP contribution in [0.15, 0.2) is 16.7 Å². The van der Waals surface area contributed by atoms with E-state index in [1.54, 1.807) is 11.0 Å². The Balaban J connectivity index is 2.19. The maximum absolute atomic E-state index is 12.0. The van der Waals surface area contributed by atoms with Crippen LogP contribution in [0.4, 0.5) is 0 Å². The van der Waals surface area contributed by atoms with Crippen molar-refractivity contribution >= 4 is 17.5 Å². The third-order valence-electron chi connectivity index (χ3n) is 2.66. The third kappa shape index (κ3) is 1.87. The lowest BCUT2D eigenvalue weighted by Crippen LogP contribution is -2.34. The van der Waals surface area contributed by atoms with E-state index in [9.17, 15) is 9.90 Å². The van der Waals surface area contributed by atoms with Crippen LogP contribution >= 0.6 is 11.6 Å². The number of β-amino-alcohol motifs (C(OH)–C–C–N with tert-alkyl or cyclic N) is 1. The molecular weight excluding hydrogens is 218 g/mol. The van der Waals surface area contributed by atoms with Gasteiger partial charge >= 0.3 is 0 Å². The van der Waals surface area contributed by atoms with Crippen molar-refractivity contribution < 1.29 is 14.3 Å². The summed E-state index contributed by atoms with van der Waals surface area (Å²) in [4.78, 5) is 13.6. The minimum absolute atomic E-state index is 0.0402. The lowest BCUT2D eigenvalue weighted by atomic mass is 10.2. The van der Waals surface area contributed by atoms with Gasteiger partial charge in [0.25, 0.3) is 5.91 Å². The van der Waals surface area contributed by atoms with Gasteiger partial charge in [0, 0.05) is 12.6 Å². The van der Waals surface area contributed by atoms with E-state index in [-0.39, 0.29) is 17.2 Å². The molecule has 1 fully saturated rings. The number of rotatable bonds is 1. The molecule has 0 bridgehead atoms. The Morgan fingerprint density at radius 3 is 2.93 bits per heavy atom. The second kappa shape index (κ2) is 3.87. The average molecular weight is 230 g/mol. The summed E-state index contributed by atoms with van der Waals surface area (Å²) in [5.74, 6) is -0.183. The first-order chi connectivity index (χ1) is 7.09. The van der Waals surface area contributed by atoms with E-state index >= 15 is 0 Å². The summed E-state index contributed by atoms with van der Waals surface area (Å²) in [6, 6.07) is 1.58. The minimum Gasteiger partial charge on any atom is -0.452 e. The van der Waals surface area contributed by atoms with Crippen LogP contribution in [0.3, 0.4) is 0 Å². The molecule has 1 amide bonds. The Morgan fingerprint density at radius 2 is 2.47 bits per heavy atom. The Labute approximate surface area is 92.4 Å². The van der Waals surface area contributed by atoms with Crippen molar-refractivity contribution in [2.45, 2.75) is 25.5 Å².